The maximum Gasteiger partial charge on any atom is 0.184 e. The number of nitrogens with two attached hydrogens (primary N) is 1. The van der Waals surface area contributed by atoms with E-state index in [1.54, 1.807) is 11.3 Å². The van der Waals surface area contributed by atoms with Crippen molar-refractivity contribution in [1.29, 1.82) is 0 Å². The number of hydrogen-bond donors (Lipinski definition) is 2. The molecule has 0 saturated heterocycles. The average Bonchev–Trinajstić information content (AvgIpc) is 2.85. The second-order valence-corrected chi connectivity index (χ2v) is 5.36. The van der Waals surface area contributed by atoms with Crippen LogP contribution in [-0.4, -0.2) is 17.1 Å². The van der Waals surface area contributed by atoms with E-state index >= 15 is 0 Å². The minimum Gasteiger partial charge on any atom is -0.357 e. The second kappa shape index (κ2) is 4.03. The van der Waals surface area contributed by atoms with Gasteiger partial charge in [0.25, 0.3) is 0 Å². The summed E-state index contributed by atoms with van der Waals surface area (Å²) in [7, 11) is 0. The summed E-state index contributed by atoms with van der Waals surface area (Å²) in [4.78, 5) is 4.56. The van der Waals surface area contributed by atoms with Crippen LogP contribution in [0.1, 0.15) is 19.3 Å². The first kappa shape index (κ1) is 10.1. The smallest absolute Gasteiger partial charge is 0.184 e. The summed E-state index contributed by atoms with van der Waals surface area (Å²) in [5.74, 6) is 0. The highest BCUT2D eigenvalue weighted by atomic mass is 32.1. The van der Waals surface area contributed by atoms with Crippen LogP contribution >= 0.6 is 11.3 Å². The van der Waals surface area contributed by atoms with E-state index in [1.807, 2.05) is 18.2 Å². The minimum absolute atomic E-state index is 0.284. The molecule has 1 aliphatic carbocycles. The molecule has 1 heterocycles. The molecule has 0 spiro atoms. The van der Waals surface area contributed by atoms with E-state index in [9.17, 15) is 0 Å². The minimum atomic E-state index is 0.284. The monoisotopic (exact) mass is 233 g/mol. The molecule has 1 aliphatic rings. The zero-order chi connectivity index (χ0) is 11.0. The molecule has 2 unspecified atom stereocenters. The molecule has 16 heavy (non-hydrogen) atoms. The Labute approximate surface area is 98.7 Å². The van der Waals surface area contributed by atoms with E-state index in [2.05, 4.69) is 16.4 Å². The fourth-order valence-electron chi connectivity index (χ4n) is 2.26. The van der Waals surface area contributed by atoms with E-state index in [-0.39, 0.29) is 6.04 Å². The van der Waals surface area contributed by atoms with E-state index in [0.29, 0.717) is 6.04 Å². The third-order valence-electron chi connectivity index (χ3n) is 3.17. The molecule has 3 nitrogen and oxygen atoms in total. The molecule has 3 rings (SSSR count). The molecule has 2 aromatic rings. The van der Waals surface area contributed by atoms with Crippen LogP contribution in [0.3, 0.4) is 0 Å². The van der Waals surface area contributed by atoms with Gasteiger partial charge in [0.05, 0.1) is 10.2 Å². The van der Waals surface area contributed by atoms with Crippen LogP contribution in [0.4, 0.5) is 5.13 Å². The van der Waals surface area contributed by atoms with Gasteiger partial charge in [-0.05, 0) is 31.4 Å². The van der Waals surface area contributed by atoms with Gasteiger partial charge in [0.15, 0.2) is 5.13 Å². The quantitative estimate of drug-likeness (QED) is 0.838. The lowest BCUT2D eigenvalue weighted by atomic mass is 10.2. The van der Waals surface area contributed by atoms with Crippen LogP contribution in [0.2, 0.25) is 0 Å². The molecule has 0 radical (unpaired) electrons. The molecule has 3 N–H and O–H groups in total. The zero-order valence-corrected chi connectivity index (χ0v) is 9.83. The van der Waals surface area contributed by atoms with Gasteiger partial charge in [-0.25, -0.2) is 4.98 Å². The predicted molar refractivity (Wildman–Crippen MR) is 68.9 cm³/mol. The first-order valence-electron chi connectivity index (χ1n) is 5.70. The number of fused-ring (bicyclic) bond motifs is 1. The summed E-state index contributed by atoms with van der Waals surface area (Å²) in [5, 5.41) is 4.47. The molecule has 2 atom stereocenters. The summed E-state index contributed by atoms with van der Waals surface area (Å²) in [6.45, 7) is 0. The zero-order valence-electron chi connectivity index (χ0n) is 9.02. The standard InChI is InChI=1S/C12H15N3S/c13-8-4-3-6-9(8)14-12-15-10-5-1-2-7-11(10)16-12/h1-2,5,7-9H,3-4,6,13H2,(H,14,15). The lowest BCUT2D eigenvalue weighted by molar-refractivity contribution is 0.637. The molecule has 1 aromatic carbocycles. The Morgan fingerprint density at radius 2 is 2.19 bits per heavy atom. The van der Waals surface area contributed by atoms with Crippen molar-refractivity contribution in [2.24, 2.45) is 5.73 Å². The Balaban J connectivity index is 1.83. The van der Waals surface area contributed by atoms with Crippen LogP contribution in [0.25, 0.3) is 10.2 Å². The van der Waals surface area contributed by atoms with Crippen molar-refractivity contribution in [1.82, 2.24) is 4.98 Å². The molecule has 1 saturated carbocycles. The van der Waals surface area contributed by atoms with E-state index in [4.69, 9.17) is 5.73 Å². The highest BCUT2D eigenvalue weighted by Gasteiger charge is 2.24. The van der Waals surface area contributed by atoms with Gasteiger partial charge in [-0.3, -0.25) is 0 Å². The highest BCUT2D eigenvalue weighted by Crippen LogP contribution is 2.28. The van der Waals surface area contributed by atoms with E-state index in [0.717, 1.165) is 23.5 Å². The van der Waals surface area contributed by atoms with Crippen LogP contribution in [0, 0.1) is 0 Å². The SMILES string of the molecule is NC1CCCC1Nc1nc2ccccc2s1. The Kier molecular flexibility index (Phi) is 2.53. The Morgan fingerprint density at radius 1 is 1.31 bits per heavy atom. The van der Waals surface area contributed by atoms with E-state index in [1.165, 1.54) is 11.1 Å². The number of anilines is 1. The Morgan fingerprint density at radius 3 is 2.94 bits per heavy atom. The van der Waals surface area contributed by atoms with Gasteiger partial charge in [-0.2, -0.15) is 0 Å². The summed E-state index contributed by atoms with van der Waals surface area (Å²) in [5.41, 5.74) is 7.11. The fourth-order valence-corrected chi connectivity index (χ4v) is 3.19. The van der Waals surface area contributed by atoms with Crippen molar-refractivity contribution < 1.29 is 0 Å². The normalized spacial score (nSPS) is 25.1. The van der Waals surface area contributed by atoms with Gasteiger partial charge in [-0.1, -0.05) is 23.5 Å². The highest BCUT2D eigenvalue weighted by molar-refractivity contribution is 7.22. The molecule has 1 fully saturated rings. The van der Waals surface area contributed by atoms with Crippen LogP contribution in [-0.2, 0) is 0 Å². The number of thiazole rings is 1. The van der Waals surface area contributed by atoms with Gasteiger partial charge in [0.2, 0.25) is 0 Å². The maximum absolute atomic E-state index is 6.04. The maximum atomic E-state index is 6.04. The summed E-state index contributed by atoms with van der Waals surface area (Å²) in [6.07, 6.45) is 3.52. The van der Waals surface area contributed by atoms with Gasteiger partial charge in [0.1, 0.15) is 0 Å². The molecule has 84 valence electrons. The Bertz CT molecular complexity index is 461. The van der Waals surface area contributed by atoms with Gasteiger partial charge < -0.3 is 11.1 Å². The number of para-hydroxylation sites is 1. The summed E-state index contributed by atoms with van der Waals surface area (Å²) < 4.78 is 1.23. The lowest BCUT2D eigenvalue weighted by Crippen LogP contribution is -2.35. The van der Waals surface area contributed by atoms with E-state index < -0.39 is 0 Å². The van der Waals surface area contributed by atoms with Crippen LogP contribution in [0.15, 0.2) is 24.3 Å². The first-order valence-corrected chi connectivity index (χ1v) is 6.52. The van der Waals surface area contributed by atoms with Crippen molar-refractivity contribution in [3.8, 4) is 0 Å². The summed E-state index contributed by atoms with van der Waals surface area (Å²) in [6, 6.07) is 8.91. The Hall–Kier alpha value is -1.13. The van der Waals surface area contributed by atoms with Crippen molar-refractivity contribution in [3.05, 3.63) is 24.3 Å². The number of benzene rings is 1. The van der Waals surface area contributed by atoms with Gasteiger partial charge in [-0.15, -0.1) is 0 Å². The first-order chi connectivity index (χ1) is 7.83. The largest absolute Gasteiger partial charge is 0.357 e. The van der Waals surface area contributed by atoms with Crippen molar-refractivity contribution in [2.45, 2.75) is 31.3 Å². The van der Waals surface area contributed by atoms with Crippen LogP contribution in [0.5, 0.6) is 0 Å². The topological polar surface area (TPSA) is 50.9 Å². The molecule has 0 bridgehead atoms. The van der Waals surface area contributed by atoms with Crippen molar-refractivity contribution in [2.75, 3.05) is 5.32 Å². The number of aromatic nitrogens is 1. The molecular formula is C12H15N3S. The fraction of sp³-hybridized carbons (Fsp3) is 0.417. The number of rotatable bonds is 2. The predicted octanol–water partition coefficient (Wildman–Crippen LogP) is 2.59. The number of hydrogen-bond acceptors (Lipinski definition) is 4. The third-order valence-corrected chi connectivity index (χ3v) is 4.14. The second-order valence-electron chi connectivity index (χ2n) is 4.33. The summed E-state index contributed by atoms with van der Waals surface area (Å²) >= 11 is 1.71. The van der Waals surface area contributed by atoms with Gasteiger partial charge >= 0.3 is 0 Å². The molecule has 0 amide bonds. The van der Waals surface area contributed by atoms with Crippen molar-refractivity contribution >= 4 is 26.7 Å². The van der Waals surface area contributed by atoms with Gasteiger partial charge in [0, 0.05) is 12.1 Å². The number of nitrogens with one attached hydrogen (secondary N) is 1. The molecule has 1 aromatic heterocycles. The third kappa shape index (κ3) is 1.79. The average molecular weight is 233 g/mol. The van der Waals surface area contributed by atoms with Crippen LogP contribution < -0.4 is 11.1 Å². The van der Waals surface area contributed by atoms with Crippen molar-refractivity contribution in [3.63, 3.8) is 0 Å². The lowest BCUT2D eigenvalue weighted by Gasteiger charge is -2.15. The number of nitrogens with zero attached hydrogens (tertiary/aromatic N) is 1. The molecular weight excluding hydrogens is 218 g/mol. The molecule has 0 aliphatic heterocycles. The molecule has 4 heteroatoms.